The van der Waals surface area contributed by atoms with Gasteiger partial charge in [0.1, 0.15) is 5.82 Å². The van der Waals surface area contributed by atoms with Crippen molar-refractivity contribution in [3.63, 3.8) is 0 Å². The van der Waals surface area contributed by atoms with E-state index in [1.807, 2.05) is 35.9 Å². The lowest BCUT2D eigenvalue weighted by Crippen LogP contribution is -1.96. The summed E-state index contributed by atoms with van der Waals surface area (Å²) in [5.74, 6) is -0.284. The quantitative estimate of drug-likeness (QED) is 0.519. The number of rotatable bonds is 2. The molecule has 3 nitrogen and oxygen atoms in total. The Bertz CT molecular complexity index is 1140. The second kappa shape index (κ2) is 5.88. The maximum atomic E-state index is 15.1. The van der Waals surface area contributed by atoms with Crippen molar-refractivity contribution in [3.05, 3.63) is 84.1 Å². The average molecular weight is 327 g/mol. The molecule has 2 heterocycles. The van der Waals surface area contributed by atoms with Crippen LogP contribution in [-0.2, 0) is 0 Å². The minimum atomic E-state index is -0.284. The first-order valence-corrected chi connectivity index (χ1v) is 7.90. The monoisotopic (exact) mass is 327 g/mol. The predicted molar refractivity (Wildman–Crippen MR) is 95.9 cm³/mol. The van der Waals surface area contributed by atoms with Crippen LogP contribution in [0, 0.1) is 24.1 Å². The summed E-state index contributed by atoms with van der Waals surface area (Å²) in [6, 6.07) is 16.4. The number of aryl methyl sites for hydroxylation is 1. The molecular weight excluding hydrogens is 313 g/mol. The van der Waals surface area contributed by atoms with Gasteiger partial charge in [-0.3, -0.25) is 4.98 Å². The third-order valence-corrected chi connectivity index (χ3v) is 4.38. The van der Waals surface area contributed by atoms with Gasteiger partial charge in [-0.1, -0.05) is 12.1 Å². The van der Waals surface area contributed by atoms with Crippen molar-refractivity contribution in [3.8, 4) is 22.9 Å². The third-order valence-electron chi connectivity index (χ3n) is 4.38. The Hall–Kier alpha value is -3.45. The fourth-order valence-electron chi connectivity index (χ4n) is 3.08. The van der Waals surface area contributed by atoms with Crippen LogP contribution >= 0.6 is 0 Å². The van der Waals surface area contributed by atoms with Crippen molar-refractivity contribution in [1.82, 2.24) is 9.55 Å². The first kappa shape index (κ1) is 15.1. The van der Waals surface area contributed by atoms with E-state index in [2.05, 4.69) is 11.1 Å². The molecular formula is C21H14FN3. The molecule has 0 saturated carbocycles. The summed E-state index contributed by atoms with van der Waals surface area (Å²) < 4.78 is 17.0. The van der Waals surface area contributed by atoms with Crippen LogP contribution in [0.2, 0.25) is 0 Å². The maximum absolute atomic E-state index is 15.1. The fraction of sp³-hybridized carbons (Fsp3) is 0.0476. The zero-order valence-electron chi connectivity index (χ0n) is 13.6. The predicted octanol–water partition coefficient (Wildman–Crippen LogP) is 5.01. The molecule has 4 heteroatoms. The Morgan fingerprint density at radius 3 is 2.80 bits per heavy atom. The highest BCUT2D eigenvalue weighted by Gasteiger charge is 2.14. The van der Waals surface area contributed by atoms with Crippen molar-refractivity contribution in [1.29, 1.82) is 5.26 Å². The molecule has 0 aliphatic heterocycles. The highest BCUT2D eigenvalue weighted by Crippen LogP contribution is 2.31. The zero-order valence-corrected chi connectivity index (χ0v) is 13.6. The van der Waals surface area contributed by atoms with Crippen LogP contribution in [-0.4, -0.2) is 9.55 Å². The second-order valence-corrected chi connectivity index (χ2v) is 5.90. The first-order chi connectivity index (χ1) is 12.2. The van der Waals surface area contributed by atoms with Crippen molar-refractivity contribution in [2.75, 3.05) is 0 Å². The molecule has 0 bridgehead atoms. The van der Waals surface area contributed by atoms with Crippen molar-refractivity contribution >= 4 is 10.9 Å². The summed E-state index contributed by atoms with van der Waals surface area (Å²) in [6.45, 7) is 2.00. The number of hydrogen-bond acceptors (Lipinski definition) is 2. The van der Waals surface area contributed by atoms with Crippen LogP contribution in [0.1, 0.15) is 11.1 Å². The van der Waals surface area contributed by atoms with E-state index in [0.717, 1.165) is 16.8 Å². The van der Waals surface area contributed by atoms with Gasteiger partial charge >= 0.3 is 0 Å². The van der Waals surface area contributed by atoms with E-state index >= 15 is 4.39 Å². The topological polar surface area (TPSA) is 41.6 Å². The van der Waals surface area contributed by atoms with Gasteiger partial charge in [0.2, 0.25) is 0 Å². The molecule has 0 unspecified atom stereocenters. The smallest absolute Gasteiger partial charge is 0.140 e. The second-order valence-electron chi connectivity index (χ2n) is 5.90. The Morgan fingerprint density at radius 2 is 2.00 bits per heavy atom. The van der Waals surface area contributed by atoms with Gasteiger partial charge in [-0.05, 0) is 54.4 Å². The molecule has 2 aromatic heterocycles. The van der Waals surface area contributed by atoms with Gasteiger partial charge in [-0.2, -0.15) is 5.26 Å². The maximum Gasteiger partial charge on any atom is 0.140 e. The van der Waals surface area contributed by atoms with E-state index in [1.165, 1.54) is 0 Å². The van der Waals surface area contributed by atoms with E-state index in [1.54, 1.807) is 42.7 Å². The number of nitriles is 1. The summed E-state index contributed by atoms with van der Waals surface area (Å²) in [5.41, 5.74) is 4.48. The average Bonchev–Trinajstić information content (AvgIpc) is 3.07. The molecule has 2 aromatic carbocycles. The van der Waals surface area contributed by atoms with Crippen LogP contribution in [0.25, 0.3) is 27.7 Å². The molecule has 4 aromatic rings. The number of pyridine rings is 1. The van der Waals surface area contributed by atoms with Crippen molar-refractivity contribution in [2.24, 2.45) is 0 Å². The molecule has 0 fully saturated rings. The van der Waals surface area contributed by atoms with Crippen LogP contribution < -0.4 is 0 Å². The minimum Gasteiger partial charge on any atom is -0.315 e. The lowest BCUT2D eigenvalue weighted by Gasteiger charge is -2.10. The molecule has 4 rings (SSSR count). The number of nitrogens with zero attached hydrogens (tertiary/aromatic N) is 3. The summed E-state index contributed by atoms with van der Waals surface area (Å²) in [6.07, 6.45) is 5.37. The van der Waals surface area contributed by atoms with E-state index in [-0.39, 0.29) is 5.82 Å². The summed E-state index contributed by atoms with van der Waals surface area (Å²) in [7, 11) is 0. The molecule has 0 spiro atoms. The first-order valence-electron chi connectivity index (χ1n) is 7.90. The lowest BCUT2D eigenvalue weighted by molar-refractivity contribution is 0.643. The number of fused-ring (bicyclic) bond motifs is 1. The standard InChI is InChI=1S/C21H14FN3/c1-14-7-9-24-13-20(14)25-10-8-18-19(25)6-5-17(21(18)22)16-4-2-3-15(11-16)12-23/h2-11,13H,1H3. The van der Waals surface area contributed by atoms with Crippen LogP contribution in [0.4, 0.5) is 4.39 Å². The fourth-order valence-corrected chi connectivity index (χ4v) is 3.08. The van der Waals surface area contributed by atoms with Gasteiger partial charge in [0.25, 0.3) is 0 Å². The van der Waals surface area contributed by atoms with E-state index in [4.69, 9.17) is 5.26 Å². The van der Waals surface area contributed by atoms with Gasteiger partial charge in [-0.25, -0.2) is 4.39 Å². The number of aromatic nitrogens is 2. The molecule has 0 atom stereocenters. The Balaban J connectivity index is 1.91. The van der Waals surface area contributed by atoms with Crippen molar-refractivity contribution in [2.45, 2.75) is 6.92 Å². The number of benzene rings is 2. The molecule has 0 radical (unpaired) electrons. The van der Waals surface area contributed by atoms with Gasteiger partial charge in [0.05, 0.1) is 29.0 Å². The van der Waals surface area contributed by atoms with Crippen LogP contribution in [0.5, 0.6) is 0 Å². The molecule has 120 valence electrons. The minimum absolute atomic E-state index is 0.284. The molecule has 0 aliphatic carbocycles. The largest absolute Gasteiger partial charge is 0.315 e. The molecule has 0 saturated heterocycles. The third kappa shape index (κ3) is 2.47. The SMILES string of the molecule is Cc1ccncc1-n1ccc2c(F)c(-c3cccc(C#N)c3)ccc21. The normalized spacial score (nSPS) is 10.8. The van der Waals surface area contributed by atoms with E-state index in [9.17, 15) is 0 Å². The van der Waals surface area contributed by atoms with Crippen LogP contribution in [0.15, 0.2) is 67.1 Å². The highest BCUT2D eigenvalue weighted by molar-refractivity contribution is 5.88. The van der Waals surface area contributed by atoms with Crippen LogP contribution in [0.3, 0.4) is 0 Å². The Morgan fingerprint density at radius 1 is 1.12 bits per heavy atom. The molecule has 0 aliphatic rings. The number of halogens is 1. The Kier molecular flexibility index (Phi) is 3.55. The molecule has 0 amide bonds. The Labute approximate surface area is 144 Å². The summed E-state index contributed by atoms with van der Waals surface area (Å²) in [4.78, 5) is 4.17. The summed E-state index contributed by atoms with van der Waals surface area (Å²) >= 11 is 0. The highest BCUT2D eigenvalue weighted by atomic mass is 19.1. The van der Waals surface area contributed by atoms with E-state index < -0.39 is 0 Å². The molecule has 0 N–H and O–H groups in total. The van der Waals surface area contributed by atoms with Crippen molar-refractivity contribution < 1.29 is 4.39 Å². The number of hydrogen-bond donors (Lipinski definition) is 0. The summed E-state index contributed by atoms with van der Waals surface area (Å²) in [5, 5.41) is 9.60. The van der Waals surface area contributed by atoms with Gasteiger partial charge < -0.3 is 4.57 Å². The van der Waals surface area contributed by atoms with Gasteiger partial charge in [0, 0.05) is 23.3 Å². The van der Waals surface area contributed by atoms with Gasteiger partial charge in [0.15, 0.2) is 0 Å². The lowest BCUT2D eigenvalue weighted by atomic mass is 10.0. The van der Waals surface area contributed by atoms with E-state index in [0.29, 0.717) is 22.1 Å². The molecule has 25 heavy (non-hydrogen) atoms. The van der Waals surface area contributed by atoms with Gasteiger partial charge in [-0.15, -0.1) is 0 Å². The zero-order chi connectivity index (χ0) is 17.4.